The van der Waals surface area contributed by atoms with Gasteiger partial charge in [-0.25, -0.2) is 0 Å². The van der Waals surface area contributed by atoms with Gasteiger partial charge in [-0.15, -0.1) is 0 Å². The number of fused-ring (bicyclic) bond motifs is 1. The standard InChI is InChI=1S/C15H20O7S/c1-9-4-6-10(7-5-9)23(17,18)19-8-11-12(16)13-14(20-11)22-15(2,3)21-13/h4-7,11-14,16H,8H2,1-3H3/t11-,12+,13-,14?/m0/s1. The number of aryl methyl sites for hydroxylation is 1. The molecule has 0 aromatic heterocycles. The zero-order valence-corrected chi connectivity index (χ0v) is 13.9. The van der Waals surface area contributed by atoms with Crippen LogP contribution in [-0.4, -0.2) is 50.5 Å². The van der Waals surface area contributed by atoms with E-state index < -0.39 is 40.5 Å². The van der Waals surface area contributed by atoms with Gasteiger partial charge >= 0.3 is 0 Å². The quantitative estimate of drug-likeness (QED) is 0.813. The summed E-state index contributed by atoms with van der Waals surface area (Å²) in [6, 6.07) is 6.32. The normalized spacial score (nSPS) is 32.9. The number of hydrogen-bond acceptors (Lipinski definition) is 7. The van der Waals surface area contributed by atoms with Crippen LogP contribution in [0.4, 0.5) is 0 Å². The van der Waals surface area contributed by atoms with Crippen LogP contribution >= 0.6 is 0 Å². The van der Waals surface area contributed by atoms with E-state index in [0.717, 1.165) is 5.56 Å². The van der Waals surface area contributed by atoms with Crippen LogP contribution < -0.4 is 0 Å². The predicted octanol–water partition coefficient (Wildman–Crippen LogP) is 0.938. The number of benzene rings is 1. The number of aliphatic hydroxyl groups is 1. The molecule has 128 valence electrons. The second-order valence-corrected chi connectivity index (χ2v) is 7.80. The third kappa shape index (κ3) is 3.42. The Bertz CT molecular complexity index is 668. The van der Waals surface area contributed by atoms with Gasteiger partial charge in [0.1, 0.15) is 18.3 Å². The summed E-state index contributed by atoms with van der Waals surface area (Å²) in [5.74, 6) is -0.837. The lowest BCUT2D eigenvalue weighted by Gasteiger charge is -2.22. The van der Waals surface area contributed by atoms with E-state index >= 15 is 0 Å². The fourth-order valence-corrected chi connectivity index (χ4v) is 3.54. The summed E-state index contributed by atoms with van der Waals surface area (Å²) in [5.41, 5.74) is 0.947. The first-order chi connectivity index (χ1) is 10.7. The molecule has 1 aromatic rings. The first-order valence-electron chi connectivity index (χ1n) is 7.33. The van der Waals surface area contributed by atoms with Crippen LogP contribution in [0.5, 0.6) is 0 Å². The van der Waals surface area contributed by atoms with Gasteiger partial charge in [-0.3, -0.25) is 4.18 Å². The molecule has 0 spiro atoms. The molecule has 3 rings (SSSR count). The van der Waals surface area contributed by atoms with Crippen molar-refractivity contribution in [1.82, 2.24) is 0 Å². The van der Waals surface area contributed by atoms with Crippen LogP contribution in [-0.2, 0) is 28.5 Å². The molecule has 23 heavy (non-hydrogen) atoms. The molecule has 1 N–H and O–H groups in total. The van der Waals surface area contributed by atoms with Gasteiger partial charge in [0.15, 0.2) is 12.1 Å². The average Bonchev–Trinajstić information content (AvgIpc) is 2.91. The highest BCUT2D eigenvalue weighted by atomic mass is 32.2. The molecule has 4 atom stereocenters. The highest BCUT2D eigenvalue weighted by Gasteiger charge is 2.54. The fraction of sp³-hybridized carbons (Fsp3) is 0.600. The first-order valence-corrected chi connectivity index (χ1v) is 8.74. The van der Waals surface area contributed by atoms with Crippen LogP contribution in [0.15, 0.2) is 29.2 Å². The number of hydrogen-bond donors (Lipinski definition) is 1. The molecular weight excluding hydrogens is 324 g/mol. The highest BCUT2D eigenvalue weighted by molar-refractivity contribution is 7.86. The Morgan fingerprint density at radius 3 is 2.48 bits per heavy atom. The first kappa shape index (κ1) is 16.8. The van der Waals surface area contributed by atoms with Gasteiger partial charge in [0.05, 0.1) is 11.5 Å². The topological polar surface area (TPSA) is 91.3 Å². The van der Waals surface area contributed by atoms with E-state index in [2.05, 4.69) is 0 Å². The zero-order valence-electron chi connectivity index (χ0n) is 13.1. The maximum Gasteiger partial charge on any atom is 0.297 e. The number of rotatable bonds is 4. The number of ether oxygens (including phenoxy) is 3. The molecule has 1 unspecified atom stereocenters. The summed E-state index contributed by atoms with van der Waals surface area (Å²) in [5, 5.41) is 10.2. The number of aliphatic hydroxyl groups excluding tert-OH is 1. The summed E-state index contributed by atoms with van der Waals surface area (Å²) >= 11 is 0. The molecule has 0 saturated carbocycles. The Morgan fingerprint density at radius 1 is 1.22 bits per heavy atom. The third-order valence-electron chi connectivity index (χ3n) is 3.81. The third-order valence-corrected chi connectivity index (χ3v) is 5.11. The van der Waals surface area contributed by atoms with Crippen LogP contribution in [0.1, 0.15) is 19.4 Å². The van der Waals surface area contributed by atoms with Crippen molar-refractivity contribution in [2.24, 2.45) is 0 Å². The van der Waals surface area contributed by atoms with Gasteiger partial charge in [0.25, 0.3) is 10.1 Å². The van der Waals surface area contributed by atoms with Crippen LogP contribution in [0.3, 0.4) is 0 Å². The van der Waals surface area contributed by atoms with E-state index in [4.69, 9.17) is 18.4 Å². The van der Waals surface area contributed by atoms with E-state index in [-0.39, 0.29) is 11.5 Å². The minimum atomic E-state index is -3.91. The molecule has 2 fully saturated rings. The Hall–Kier alpha value is -1.03. The SMILES string of the molecule is Cc1ccc(S(=O)(=O)OC[C@@H]2OC3OC(C)(C)O[C@H]3[C@@H]2O)cc1. The van der Waals surface area contributed by atoms with E-state index in [9.17, 15) is 13.5 Å². The summed E-state index contributed by atoms with van der Waals surface area (Å²) in [6.45, 7) is 4.99. The van der Waals surface area contributed by atoms with Gasteiger partial charge in [-0.1, -0.05) is 17.7 Å². The van der Waals surface area contributed by atoms with Gasteiger partial charge in [-0.2, -0.15) is 8.42 Å². The molecular formula is C15H20O7S. The van der Waals surface area contributed by atoms with Crippen molar-refractivity contribution < 1.29 is 31.9 Å². The van der Waals surface area contributed by atoms with Crippen LogP contribution in [0.25, 0.3) is 0 Å². The molecule has 2 heterocycles. The van der Waals surface area contributed by atoms with Crippen molar-refractivity contribution in [2.75, 3.05) is 6.61 Å². The lowest BCUT2D eigenvalue weighted by molar-refractivity contribution is -0.217. The van der Waals surface area contributed by atoms with Crippen molar-refractivity contribution in [3.8, 4) is 0 Å². The molecule has 2 aliphatic rings. The summed E-state index contributed by atoms with van der Waals surface area (Å²) in [4.78, 5) is 0.0596. The fourth-order valence-electron chi connectivity index (χ4n) is 2.63. The van der Waals surface area contributed by atoms with E-state index in [1.165, 1.54) is 12.1 Å². The monoisotopic (exact) mass is 344 g/mol. The lowest BCUT2D eigenvalue weighted by atomic mass is 10.1. The maximum absolute atomic E-state index is 12.1. The molecule has 0 radical (unpaired) electrons. The van der Waals surface area contributed by atoms with Crippen LogP contribution in [0.2, 0.25) is 0 Å². The van der Waals surface area contributed by atoms with E-state index in [1.54, 1.807) is 26.0 Å². The highest BCUT2D eigenvalue weighted by Crippen LogP contribution is 2.37. The summed E-state index contributed by atoms with van der Waals surface area (Å²) in [6.07, 6.45) is -3.23. The molecule has 0 bridgehead atoms. The second-order valence-electron chi connectivity index (χ2n) is 6.19. The Labute approximate surface area is 135 Å². The molecule has 2 saturated heterocycles. The van der Waals surface area contributed by atoms with Gasteiger partial charge in [0.2, 0.25) is 0 Å². The molecule has 1 aromatic carbocycles. The van der Waals surface area contributed by atoms with Crippen molar-refractivity contribution >= 4 is 10.1 Å². The average molecular weight is 344 g/mol. The smallest absolute Gasteiger partial charge is 0.297 e. The van der Waals surface area contributed by atoms with Crippen LogP contribution in [0, 0.1) is 6.92 Å². The Kier molecular flexibility index (Phi) is 4.24. The molecule has 0 amide bonds. The maximum atomic E-state index is 12.1. The van der Waals surface area contributed by atoms with Crippen molar-refractivity contribution in [1.29, 1.82) is 0 Å². The largest absolute Gasteiger partial charge is 0.387 e. The Balaban J connectivity index is 1.62. The van der Waals surface area contributed by atoms with Gasteiger partial charge < -0.3 is 19.3 Å². The molecule has 7 nitrogen and oxygen atoms in total. The molecule has 2 aliphatic heterocycles. The zero-order chi connectivity index (χ0) is 16.8. The van der Waals surface area contributed by atoms with E-state index in [1.807, 2.05) is 6.92 Å². The van der Waals surface area contributed by atoms with Gasteiger partial charge in [0, 0.05) is 0 Å². The predicted molar refractivity (Wildman–Crippen MR) is 79.0 cm³/mol. The lowest BCUT2D eigenvalue weighted by Crippen LogP contribution is -2.37. The van der Waals surface area contributed by atoms with Gasteiger partial charge in [-0.05, 0) is 32.9 Å². The van der Waals surface area contributed by atoms with E-state index in [0.29, 0.717) is 0 Å². The molecule has 0 aliphatic carbocycles. The second kappa shape index (κ2) is 5.80. The molecule has 8 heteroatoms. The minimum absolute atomic E-state index is 0.0596. The summed E-state index contributed by atoms with van der Waals surface area (Å²) < 4.78 is 45.8. The van der Waals surface area contributed by atoms with Crippen molar-refractivity contribution in [3.05, 3.63) is 29.8 Å². The van der Waals surface area contributed by atoms with Crippen molar-refractivity contribution in [2.45, 2.75) is 56.1 Å². The van der Waals surface area contributed by atoms with Crippen molar-refractivity contribution in [3.63, 3.8) is 0 Å². The Morgan fingerprint density at radius 2 is 1.87 bits per heavy atom. The minimum Gasteiger partial charge on any atom is -0.387 e. The summed E-state index contributed by atoms with van der Waals surface area (Å²) in [7, 11) is -3.91.